The van der Waals surface area contributed by atoms with E-state index >= 15 is 0 Å². The summed E-state index contributed by atoms with van der Waals surface area (Å²) < 4.78 is 6.76. The first kappa shape index (κ1) is 13.9. The summed E-state index contributed by atoms with van der Waals surface area (Å²) in [4.78, 5) is 21.5. The highest BCUT2D eigenvalue weighted by atomic mass is 16.6. The van der Waals surface area contributed by atoms with Gasteiger partial charge in [0.25, 0.3) is 0 Å². The highest BCUT2D eigenvalue weighted by Crippen LogP contribution is 2.39. The zero-order valence-electron chi connectivity index (χ0n) is 11.1. The average molecular weight is 297 g/mol. The summed E-state index contributed by atoms with van der Waals surface area (Å²) in [6.07, 6.45) is -2.03. The molecule has 2 aromatic rings. The number of H-pyrrole nitrogens is 1. The maximum atomic E-state index is 11.4. The monoisotopic (exact) mass is 297 g/mol. The van der Waals surface area contributed by atoms with Crippen molar-refractivity contribution in [1.82, 2.24) is 19.5 Å². The van der Waals surface area contributed by atoms with E-state index in [2.05, 4.69) is 15.0 Å². The Labute approximate surface area is 117 Å². The van der Waals surface area contributed by atoms with Crippen LogP contribution >= 0.6 is 0 Å². The molecule has 1 fully saturated rings. The molecule has 0 aromatic carbocycles. The lowest BCUT2D eigenvalue weighted by atomic mass is 9.96. The number of ether oxygens (including phenoxy) is 1. The predicted octanol–water partition coefficient (Wildman–Crippen LogP) is -2.30. The third kappa shape index (κ3) is 1.92. The molecule has 0 aliphatic carbocycles. The molecule has 114 valence electrons. The molecule has 3 heterocycles. The summed E-state index contributed by atoms with van der Waals surface area (Å²) in [5.74, 6) is 0.0423. The maximum absolute atomic E-state index is 11.4. The van der Waals surface area contributed by atoms with Crippen LogP contribution in [0.5, 0.6) is 0 Å². The van der Waals surface area contributed by atoms with Gasteiger partial charge in [-0.05, 0) is 6.92 Å². The van der Waals surface area contributed by atoms with E-state index in [9.17, 15) is 20.1 Å². The summed E-state index contributed by atoms with van der Waals surface area (Å²) in [7, 11) is 0. The molecule has 3 rings (SSSR count). The molecule has 0 bridgehead atoms. The van der Waals surface area contributed by atoms with E-state index in [1.807, 2.05) is 0 Å². The van der Waals surface area contributed by atoms with Gasteiger partial charge in [-0.1, -0.05) is 0 Å². The second-order valence-electron chi connectivity index (χ2n) is 5.16. The van der Waals surface area contributed by atoms with Gasteiger partial charge in [-0.3, -0.25) is 9.55 Å². The van der Waals surface area contributed by atoms with Gasteiger partial charge >= 0.3 is 5.69 Å². The largest absolute Gasteiger partial charge is 0.394 e. The fraction of sp³-hybridized carbons (Fsp3) is 0.545. The van der Waals surface area contributed by atoms with Crippen molar-refractivity contribution in [3.05, 3.63) is 16.8 Å². The lowest BCUT2D eigenvalue weighted by Gasteiger charge is -2.27. The van der Waals surface area contributed by atoms with Crippen LogP contribution in [0.1, 0.15) is 13.2 Å². The van der Waals surface area contributed by atoms with Crippen molar-refractivity contribution in [3.8, 4) is 0 Å². The quantitative estimate of drug-likeness (QED) is 0.414. The van der Waals surface area contributed by atoms with Crippen LogP contribution in [0.2, 0.25) is 0 Å². The van der Waals surface area contributed by atoms with Crippen LogP contribution in [0.15, 0.2) is 11.1 Å². The van der Waals surface area contributed by atoms with Gasteiger partial charge in [-0.25, -0.2) is 9.78 Å². The van der Waals surface area contributed by atoms with Gasteiger partial charge in [0.1, 0.15) is 29.1 Å². The maximum Gasteiger partial charge on any atom is 0.348 e. The van der Waals surface area contributed by atoms with Crippen molar-refractivity contribution in [3.63, 3.8) is 0 Å². The number of nitrogens with zero attached hydrogens (tertiary/aromatic N) is 3. The van der Waals surface area contributed by atoms with Gasteiger partial charge < -0.3 is 25.8 Å². The van der Waals surface area contributed by atoms with E-state index in [-0.39, 0.29) is 17.0 Å². The minimum atomic E-state index is -1.69. The number of aliphatic hydroxyl groups is 3. The van der Waals surface area contributed by atoms with Crippen LogP contribution in [0.25, 0.3) is 11.2 Å². The Kier molecular flexibility index (Phi) is 2.99. The molecule has 1 aliphatic heterocycles. The summed E-state index contributed by atoms with van der Waals surface area (Å²) in [6.45, 7) is 0.900. The van der Waals surface area contributed by atoms with Gasteiger partial charge in [0.05, 0.1) is 12.9 Å². The molecule has 21 heavy (non-hydrogen) atoms. The number of aromatic nitrogens is 4. The summed E-state index contributed by atoms with van der Waals surface area (Å²) in [5.41, 5.74) is 3.66. The topological polar surface area (TPSA) is 160 Å². The summed E-state index contributed by atoms with van der Waals surface area (Å²) >= 11 is 0. The molecular formula is C11H15N5O5. The molecule has 10 heteroatoms. The minimum Gasteiger partial charge on any atom is -0.394 e. The number of hydrogen-bond donors (Lipinski definition) is 5. The van der Waals surface area contributed by atoms with E-state index in [1.165, 1.54) is 17.8 Å². The van der Waals surface area contributed by atoms with E-state index in [0.29, 0.717) is 0 Å². The standard InChI is InChI=1S/C11H15N5O5/c1-11(20)6(18)4(2-17)21-9(11)16-3-13-5-7(12)14-10(19)15-8(5)16/h3-4,6,9,17-18,20H,2H2,1H3,(H3,12,14,15,19)/t4-,6+,9-,11?/m1/s1. The highest BCUT2D eigenvalue weighted by Gasteiger charge is 2.53. The number of fused-ring (bicyclic) bond motifs is 1. The van der Waals surface area contributed by atoms with Crippen molar-refractivity contribution < 1.29 is 20.1 Å². The third-order valence-corrected chi connectivity index (χ3v) is 3.66. The van der Waals surface area contributed by atoms with Crippen molar-refractivity contribution in [1.29, 1.82) is 0 Å². The van der Waals surface area contributed by atoms with Gasteiger partial charge in [0.15, 0.2) is 11.9 Å². The molecule has 1 aliphatic rings. The van der Waals surface area contributed by atoms with Crippen molar-refractivity contribution in [2.45, 2.75) is 31.0 Å². The Balaban J connectivity index is 2.15. The lowest BCUT2D eigenvalue weighted by molar-refractivity contribution is -0.0950. The van der Waals surface area contributed by atoms with Gasteiger partial charge in [0, 0.05) is 0 Å². The molecule has 2 aromatic heterocycles. The first-order valence-electron chi connectivity index (χ1n) is 6.25. The first-order valence-corrected chi connectivity index (χ1v) is 6.25. The first-order chi connectivity index (χ1) is 9.86. The Morgan fingerprint density at radius 1 is 1.62 bits per heavy atom. The number of aliphatic hydroxyl groups excluding tert-OH is 2. The number of hydrogen-bond acceptors (Lipinski definition) is 8. The molecule has 0 saturated carbocycles. The van der Waals surface area contributed by atoms with Crippen molar-refractivity contribution >= 4 is 17.0 Å². The lowest BCUT2D eigenvalue weighted by Crippen LogP contribution is -2.44. The molecule has 4 atom stereocenters. The van der Waals surface area contributed by atoms with E-state index < -0.39 is 36.3 Å². The predicted molar refractivity (Wildman–Crippen MR) is 70.2 cm³/mol. The van der Waals surface area contributed by atoms with Gasteiger partial charge in [-0.15, -0.1) is 0 Å². The van der Waals surface area contributed by atoms with Crippen LogP contribution in [-0.2, 0) is 4.74 Å². The molecule has 1 unspecified atom stereocenters. The van der Waals surface area contributed by atoms with Crippen LogP contribution in [0.4, 0.5) is 5.82 Å². The molecule has 0 amide bonds. The van der Waals surface area contributed by atoms with Crippen molar-refractivity contribution in [2.24, 2.45) is 0 Å². The Bertz CT molecular complexity index is 738. The normalized spacial score (nSPS) is 32.9. The second kappa shape index (κ2) is 4.49. The van der Waals surface area contributed by atoms with Crippen molar-refractivity contribution in [2.75, 3.05) is 12.3 Å². The number of nitrogens with two attached hydrogens (primary N) is 1. The molecule has 0 spiro atoms. The number of imidazole rings is 1. The van der Waals surface area contributed by atoms with Crippen LogP contribution < -0.4 is 11.4 Å². The van der Waals surface area contributed by atoms with Crippen LogP contribution in [0.3, 0.4) is 0 Å². The molecular weight excluding hydrogens is 282 g/mol. The highest BCUT2D eigenvalue weighted by molar-refractivity contribution is 5.81. The van der Waals surface area contributed by atoms with E-state index in [1.54, 1.807) is 0 Å². The number of rotatable bonds is 2. The zero-order valence-corrected chi connectivity index (χ0v) is 11.1. The van der Waals surface area contributed by atoms with Crippen LogP contribution in [-0.4, -0.2) is 59.3 Å². The molecule has 1 saturated heterocycles. The summed E-state index contributed by atoms with van der Waals surface area (Å²) in [5, 5.41) is 29.6. The SMILES string of the molecule is CC1(O)[C@@H](O)[C@@H](CO)O[C@H]1n1cnc2c(N)[nH]c(=O)nc21. The van der Waals surface area contributed by atoms with E-state index in [0.717, 1.165) is 0 Å². The second-order valence-corrected chi connectivity index (χ2v) is 5.16. The van der Waals surface area contributed by atoms with Gasteiger partial charge in [-0.2, -0.15) is 4.98 Å². The number of nitrogens with one attached hydrogen (secondary N) is 1. The van der Waals surface area contributed by atoms with E-state index in [4.69, 9.17) is 10.5 Å². The number of aromatic amines is 1. The fourth-order valence-corrected chi connectivity index (χ4v) is 2.52. The molecule has 10 nitrogen and oxygen atoms in total. The minimum absolute atomic E-state index is 0.0423. The number of nitrogen functional groups attached to an aromatic ring is 1. The van der Waals surface area contributed by atoms with Gasteiger partial charge in [0.2, 0.25) is 0 Å². The molecule has 6 N–H and O–H groups in total. The zero-order chi connectivity index (χ0) is 15.4. The fourth-order valence-electron chi connectivity index (χ4n) is 2.52. The third-order valence-electron chi connectivity index (χ3n) is 3.66. The Morgan fingerprint density at radius 2 is 2.33 bits per heavy atom. The molecule has 0 radical (unpaired) electrons. The van der Waals surface area contributed by atoms with Crippen LogP contribution in [0, 0.1) is 0 Å². The Hall–Kier alpha value is -2.01. The average Bonchev–Trinajstić information content (AvgIpc) is 2.91. The Morgan fingerprint density at radius 3 is 2.95 bits per heavy atom. The summed E-state index contributed by atoms with van der Waals surface area (Å²) in [6, 6.07) is 0. The smallest absolute Gasteiger partial charge is 0.348 e. The number of anilines is 1.